The molecule has 0 unspecified atom stereocenters. The van der Waals surface area contributed by atoms with E-state index in [4.69, 9.17) is 10.5 Å². The predicted molar refractivity (Wildman–Crippen MR) is 73.4 cm³/mol. The lowest BCUT2D eigenvalue weighted by molar-refractivity contribution is 0.316. The van der Waals surface area contributed by atoms with Gasteiger partial charge in [-0.25, -0.2) is 0 Å². The van der Waals surface area contributed by atoms with E-state index in [9.17, 15) is 0 Å². The van der Waals surface area contributed by atoms with E-state index in [2.05, 4.69) is 18.0 Å². The topological polar surface area (TPSA) is 48.1 Å². The molecule has 1 aromatic heterocycles. The summed E-state index contributed by atoms with van der Waals surface area (Å²) in [6.07, 6.45) is 4.57. The minimum absolute atomic E-state index is 0.524. The Morgan fingerprint density at radius 2 is 2.06 bits per heavy atom. The number of ether oxygens (including phenoxy) is 1. The number of pyridine rings is 1. The van der Waals surface area contributed by atoms with Gasteiger partial charge in [0.2, 0.25) is 0 Å². The minimum Gasteiger partial charge on any atom is -0.492 e. The standard InChI is InChI=1S/C15H18N2O/c1-2-7-18-14-8-13(10-17-11-14)15-6-4-3-5-12(15)9-16/h3-6,8,10-11H,2,7,9,16H2,1H3. The molecule has 18 heavy (non-hydrogen) atoms. The zero-order chi connectivity index (χ0) is 12.8. The Labute approximate surface area is 108 Å². The molecule has 0 saturated heterocycles. The molecule has 0 atom stereocenters. The van der Waals surface area contributed by atoms with Crippen molar-refractivity contribution in [1.29, 1.82) is 0 Å². The van der Waals surface area contributed by atoms with Crippen molar-refractivity contribution in [3.8, 4) is 16.9 Å². The van der Waals surface area contributed by atoms with E-state index < -0.39 is 0 Å². The van der Waals surface area contributed by atoms with Crippen LogP contribution in [0.15, 0.2) is 42.7 Å². The Bertz CT molecular complexity index is 511. The molecular formula is C15H18N2O. The van der Waals surface area contributed by atoms with Crippen LogP contribution in [0.25, 0.3) is 11.1 Å². The smallest absolute Gasteiger partial charge is 0.138 e. The fraction of sp³-hybridized carbons (Fsp3) is 0.267. The second kappa shape index (κ2) is 6.17. The summed E-state index contributed by atoms with van der Waals surface area (Å²) in [6, 6.07) is 10.1. The Morgan fingerprint density at radius 1 is 1.22 bits per heavy atom. The SMILES string of the molecule is CCCOc1cncc(-c2ccccc2CN)c1. The second-order valence-corrected chi connectivity index (χ2v) is 4.12. The van der Waals surface area contributed by atoms with Crippen molar-refractivity contribution >= 4 is 0 Å². The van der Waals surface area contributed by atoms with Crippen molar-refractivity contribution in [3.05, 3.63) is 48.3 Å². The molecule has 1 aromatic carbocycles. The maximum atomic E-state index is 5.75. The van der Waals surface area contributed by atoms with Crippen molar-refractivity contribution < 1.29 is 4.74 Å². The predicted octanol–water partition coefficient (Wildman–Crippen LogP) is 3.00. The van der Waals surface area contributed by atoms with Crippen molar-refractivity contribution in [3.63, 3.8) is 0 Å². The van der Waals surface area contributed by atoms with Crippen LogP contribution in [-0.2, 0) is 6.54 Å². The highest BCUT2D eigenvalue weighted by molar-refractivity contribution is 5.67. The normalized spacial score (nSPS) is 10.3. The minimum atomic E-state index is 0.524. The third-order valence-corrected chi connectivity index (χ3v) is 2.73. The summed E-state index contributed by atoms with van der Waals surface area (Å²) in [5, 5.41) is 0. The summed E-state index contributed by atoms with van der Waals surface area (Å²) in [6.45, 7) is 3.32. The molecule has 0 aliphatic rings. The summed E-state index contributed by atoms with van der Waals surface area (Å²) < 4.78 is 5.60. The molecule has 2 aromatic rings. The van der Waals surface area contributed by atoms with Crippen LogP contribution in [0.3, 0.4) is 0 Å². The molecule has 3 heteroatoms. The highest BCUT2D eigenvalue weighted by atomic mass is 16.5. The van der Waals surface area contributed by atoms with E-state index in [1.807, 2.05) is 30.5 Å². The Balaban J connectivity index is 2.32. The molecule has 0 aliphatic carbocycles. The fourth-order valence-corrected chi connectivity index (χ4v) is 1.84. The van der Waals surface area contributed by atoms with Crippen molar-refractivity contribution in [2.24, 2.45) is 5.73 Å². The zero-order valence-corrected chi connectivity index (χ0v) is 10.6. The van der Waals surface area contributed by atoms with Crippen LogP contribution in [0.5, 0.6) is 5.75 Å². The Hall–Kier alpha value is -1.87. The van der Waals surface area contributed by atoms with E-state index in [-0.39, 0.29) is 0 Å². The van der Waals surface area contributed by atoms with Gasteiger partial charge in [-0.2, -0.15) is 0 Å². The number of aromatic nitrogens is 1. The first-order chi connectivity index (χ1) is 8.85. The van der Waals surface area contributed by atoms with Crippen molar-refractivity contribution in [1.82, 2.24) is 4.98 Å². The van der Waals surface area contributed by atoms with Gasteiger partial charge in [0.1, 0.15) is 5.75 Å². The summed E-state index contributed by atoms with van der Waals surface area (Å²) >= 11 is 0. The quantitative estimate of drug-likeness (QED) is 0.876. The van der Waals surface area contributed by atoms with Gasteiger partial charge in [0, 0.05) is 18.3 Å². The van der Waals surface area contributed by atoms with E-state index >= 15 is 0 Å². The van der Waals surface area contributed by atoms with Gasteiger partial charge in [-0.1, -0.05) is 31.2 Å². The lowest BCUT2D eigenvalue weighted by atomic mass is 10.0. The van der Waals surface area contributed by atoms with Gasteiger partial charge in [0.15, 0.2) is 0 Å². The third kappa shape index (κ3) is 2.87. The maximum absolute atomic E-state index is 5.75. The van der Waals surface area contributed by atoms with Crippen LogP contribution in [-0.4, -0.2) is 11.6 Å². The fourth-order valence-electron chi connectivity index (χ4n) is 1.84. The molecule has 0 bridgehead atoms. The van der Waals surface area contributed by atoms with Crippen LogP contribution >= 0.6 is 0 Å². The van der Waals surface area contributed by atoms with Gasteiger partial charge in [-0.15, -0.1) is 0 Å². The monoisotopic (exact) mass is 242 g/mol. The molecule has 0 spiro atoms. The molecule has 94 valence electrons. The van der Waals surface area contributed by atoms with Crippen molar-refractivity contribution in [2.75, 3.05) is 6.61 Å². The number of nitrogens with zero attached hydrogens (tertiary/aromatic N) is 1. The average molecular weight is 242 g/mol. The summed E-state index contributed by atoms with van der Waals surface area (Å²) in [5.74, 6) is 0.807. The molecule has 3 nitrogen and oxygen atoms in total. The van der Waals surface area contributed by atoms with E-state index in [0.29, 0.717) is 13.2 Å². The zero-order valence-electron chi connectivity index (χ0n) is 10.6. The first-order valence-electron chi connectivity index (χ1n) is 6.21. The Kier molecular flexibility index (Phi) is 4.31. The molecule has 1 heterocycles. The van der Waals surface area contributed by atoms with Crippen LogP contribution in [0.1, 0.15) is 18.9 Å². The molecule has 2 rings (SSSR count). The Morgan fingerprint density at radius 3 is 2.83 bits per heavy atom. The van der Waals surface area contributed by atoms with Crippen LogP contribution < -0.4 is 10.5 Å². The summed E-state index contributed by atoms with van der Waals surface area (Å²) in [7, 11) is 0. The number of benzene rings is 1. The van der Waals surface area contributed by atoms with Gasteiger partial charge in [-0.3, -0.25) is 4.98 Å². The largest absolute Gasteiger partial charge is 0.492 e. The van der Waals surface area contributed by atoms with Gasteiger partial charge in [0.25, 0.3) is 0 Å². The van der Waals surface area contributed by atoms with E-state index in [1.165, 1.54) is 0 Å². The molecule has 0 saturated carbocycles. The van der Waals surface area contributed by atoms with Crippen LogP contribution in [0, 0.1) is 0 Å². The van der Waals surface area contributed by atoms with Crippen LogP contribution in [0.4, 0.5) is 0 Å². The molecular weight excluding hydrogens is 224 g/mol. The number of nitrogens with two attached hydrogens (primary N) is 1. The van der Waals surface area contributed by atoms with E-state index in [1.54, 1.807) is 6.20 Å². The number of hydrogen-bond donors (Lipinski definition) is 1. The first-order valence-corrected chi connectivity index (χ1v) is 6.21. The molecule has 0 radical (unpaired) electrons. The number of rotatable bonds is 5. The highest BCUT2D eigenvalue weighted by Gasteiger charge is 2.05. The van der Waals surface area contributed by atoms with E-state index in [0.717, 1.165) is 28.9 Å². The lowest BCUT2D eigenvalue weighted by Crippen LogP contribution is -1.99. The number of hydrogen-bond acceptors (Lipinski definition) is 3. The van der Waals surface area contributed by atoms with Gasteiger partial charge in [-0.05, 0) is 23.6 Å². The average Bonchev–Trinajstić information content (AvgIpc) is 2.45. The molecule has 2 N–H and O–H groups in total. The van der Waals surface area contributed by atoms with Gasteiger partial charge < -0.3 is 10.5 Å². The third-order valence-electron chi connectivity index (χ3n) is 2.73. The summed E-state index contributed by atoms with van der Waals surface area (Å²) in [4.78, 5) is 4.22. The van der Waals surface area contributed by atoms with Crippen LogP contribution in [0.2, 0.25) is 0 Å². The summed E-state index contributed by atoms with van der Waals surface area (Å²) in [5.41, 5.74) is 9.04. The van der Waals surface area contributed by atoms with Gasteiger partial charge in [0.05, 0.1) is 12.8 Å². The van der Waals surface area contributed by atoms with Gasteiger partial charge >= 0.3 is 0 Å². The molecule has 0 aliphatic heterocycles. The first kappa shape index (κ1) is 12.6. The molecule has 0 fully saturated rings. The highest BCUT2D eigenvalue weighted by Crippen LogP contribution is 2.25. The maximum Gasteiger partial charge on any atom is 0.138 e. The lowest BCUT2D eigenvalue weighted by Gasteiger charge is -2.09. The molecule has 0 amide bonds. The van der Waals surface area contributed by atoms with Crippen molar-refractivity contribution in [2.45, 2.75) is 19.9 Å². The second-order valence-electron chi connectivity index (χ2n) is 4.12.